The van der Waals surface area contributed by atoms with E-state index in [0.29, 0.717) is 6.04 Å². The van der Waals surface area contributed by atoms with Gasteiger partial charge in [-0.3, -0.25) is 9.58 Å². The summed E-state index contributed by atoms with van der Waals surface area (Å²) in [7, 11) is 0. The molecule has 4 rings (SSSR count). The molecule has 0 aliphatic carbocycles. The zero-order valence-corrected chi connectivity index (χ0v) is 13.8. The Morgan fingerprint density at radius 1 is 1.18 bits per heavy atom. The number of nitrogens with zero attached hydrogens (tertiary/aromatic N) is 4. The highest BCUT2D eigenvalue weighted by atomic mass is 32.1. The number of aromatic nitrogens is 2. The van der Waals surface area contributed by atoms with Crippen LogP contribution in [-0.2, 0) is 13.1 Å². The molecule has 0 saturated carbocycles. The van der Waals surface area contributed by atoms with E-state index in [2.05, 4.69) is 42.5 Å². The van der Waals surface area contributed by atoms with Crippen LogP contribution in [0.1, 0.15) is 36.6 Å². The molecule has 22 heavy (non-hydrogen) atoms. The molecule has 0 aromatic carbocycles. The predicted octanol–water partition coefficient (Wildman–Crippen LogP) is 2.99. The Balaban J connectivity index is 1.43. The molecule has 1 fully saturated rings. The molecule has 4 nitrogen and oxygen atoms in total. The molecule has 0 unspecified atom stereocenters. The number of hydrogen-bond acceptors (Lipinski definition) is 4. The maximum Gasteiger partial charge on any atom is 0.0662 e. The molecule has 4 heterocycles. The zero-order valence-electron chi connectivity index (χ0n) is 13.0. The largest absolute Gasteiger partial charge is 0.303 e. The highest BCUT2D eigenvalue weighted by Gasteiger charge is 2.26. The minimum atomic E-state index is 0.526. The second-order valence-corrected chi connectivity index (χ2v) is 7.34. The highest BCUT2D eigenvalue weighted by Crippen LogP contribution is 2.25. The summed E-state index contributed by atoms with van der Waals surface area (Å²) in [5.74, 6) is 0. The molecule has 2 aliphatic heterocycles. The van der Waals surface area contributed by atoms with Crippen molar-refractivity contribution in [2.45, 2.75) is 38.4 Å². The van der Waals surface area contributed by atoms with E-state index in [1.54, 1.807) is 11.3 Å². The molecule has 1 saturated heterocycles. The van der Waals surface area contributed by atoms with Gasteiger partial charge in [-0.1, -0.05) is 0 Å². The van der Waals surface area contributed by atoms with Crippen molar-refractivity contribution in [3.8, 4) is 0 Å². The van der Waals surface area contributed by atoms with Crippen LogP contribution in [-0.4, -0.2) is 45.8 Å². The van der Waals surface area contributed by atoms with Crippen LogP contribution < -0.4 is 0 Å². The SMILES string of the molecule is c1cc2n(n1)[C@@H](CCN1CCCC1)CN(Cc1ccsc1)C2. The Hall–Kier alpha value is -1.17. The summed E-state index contributed by atoms with van der Waals surface area (Å²) in [5, 5.41) is 9.03. The van der Waals surface area contributed by atoms with Gasteiger partial charge in [0.1, 0.15) is 0 Å². The number of hydrogen-bond donors (Lipinski definition) is 0. The summed E-state index contributed by atoms with van der Waals surface area (Å²) >= 11 is 1.79. The molecule has 118 valence electrons. The molecule has 2 aromatic heterocycles. The van der Waals surface area contributed by atoms with E-state index in [9.17, 15) is 0 Å². The summed E-state index contributed by atoms with van der Waals surface area (Å²) in [5.41, 5.74) is 2.81. The molecule has 2 aliphatic rings. The molecule has 0 bridgehead atoms. The number of rotatable bonds is 5. The molecule has 5 heteroatoms. The zero-order chi connectivity index (χ0) is 14.8. The van der Waals surface area contributed by atoms with Gasteiger partial charge in [0, 0.05) is 32.4 Å². The summed E-state index contributed by atoms with van der Waals surface area (Å²) in [6.07, 6.45) is 5.94. The lowest BCUT2D eigenvalue weighted by molar-refractivity contribution is 0.152. The predicted molar refractivity (Wildman–Crippen MR) is 90.0 cm³/mol. The van der Waals surface area contributed by atoms with Gasteiger partial charge < -0.3 is 4.90 Å². The molecular weight excluding hydrogens is 292 g/mol. The van der Waals surface area contributed by atoms with Crippen LogP contribution in [0.4, 0.5) is 0 Å². The summed E-state index contributed by atoms with van der Waals surface area (Å²) in [6.45, 7) is 7.01. The fraction of sp³-hybridized carbons (Fsp3) is 0.588. The van der Waals surface area contributed by atoms with Crippen molar-refractivity contribution in [1.82, 2.24) is 19.6 Å². The van der Waals surface area contributed by atoms with Crippen molar-refractivity contribution < 1.29 is 0 Å². The molecule has 0 spiro atoms. The topological polar surface area (TPSA) is 24.3 Å². The van der Waals surface area contributed by atoms with Crippen molar-refractivity contribution in [1.29, 1.82) is 0 Å². The first-order valence-electron chi connectivity index (χ1n) is 8.37. The standard InChI is InChI=1S/C17H24N4S/c1-2-8-19(7-1)9-4-17-13-20(11-15-5-10-22-14-15)12-16-3-6-18-21(16)17/h3,5-6,10,14,17H,1-2,4,7-9,11-13H2/t17-/m0/s1. The van der Waals surface area contributed by atoms with Gasteiger partial charge in [-0.2, -0.15) is 16.4 Å². The maximum absolute atomic E-state index is 4.59. The van der Waals surface area contributed by atoms with E-state index in [1.165, 1.54) is 50.2 Å². The van der Waals surface area contributed by atoms with E-state index in [-0.39, 0.29) is 0 Å². The van der Waals surface area contributed by atoms with Gasteiger partial charge in [0.15, 0.2) is 0 Å². The fourth-order valence-corrected chi connectivity index (χ4v) is 4.44. The number of fused-ring (bicyclic) bond motifs is 1. The second-order valence-electron chi connectivity index (χ2n) is 6.56. The summed E-state index contributed by atoms with van der Waals surface area (Å²) in [4.78, 5) is 5.19. The van der Waals surface area contributed by atoms with Crippen LogP contribution in [0.3, 0.4) is 0 Å². The lowest BCUT2D eigenvalue weighted by atomic mass is 10.1. The van der Waals surface area contributed by atoms with E-state index < -0.39 is 0 Å². The molecule has 2 aromatic rings. The normalized spacial score (nSPS) is 23.0. The van der Waals surface area contributed by atoms with Crippen LogP contribution in [0.15, 0.2) is 29.1 Å². The third kappa shape index (κ3) is 3.12. The Labute approximate surface area is 136 Å². The van der Waals surface area contributed by atoms with Gasteiger partial charge in [0.2, 0.25) is 0 Å². The average Bonchev–Trinajstić information content (AvgIpc) is 3.27. The van der Waals surface area contributed by atoms with Gasteiger partial charge in [-0.05, 0) is 60.8 Å². The summed E-state index contributed by atoms with van der Waals surface area (Å²) in [6, 6.07) is 4.95. The second kappa shape index (κ2) is 6.52. The van der Waals surface area contributed by atoms with Crippen LogP contribution in [0.5, 0.6) is 0 Å². The van der Waals surface area contributed by atoms with E-state index in [1.807, 2.05) is 6.20 Å². The number of thiophene rings is 1. The minimum absolute atomic E-state index is 0.526. The van der Waals surface area contributed by atoms with Crippen molar-refractivity contribution in [2.24, 2.45) is 0 Å². The molecule has 1 atom stereocenters. The maximum atomic E-state index is 4.59. The van der Waals surface area contributed by atoms with Crippen molar-refractivity contribution in [3.05, 3.63) is 40.3 Å². The highest BCUT2D eigenvalue weighted by molar-refractivity contribution is 7.07. The van der Waals surface area contributed by atoms with Gasteiger partial charge in [-0.25, -0.2) is 0 Å². The Morgan fingerprint density at radius 3 is 2.91 bits per heavy atom. The molecular formula is C17H24N4S. The Bertz CT molecular complexity index is 586. The molecule has 0 radical (unpaired) electrons. The van der Waals surface area contributed by atoms with Gasteiger partial charge >= 0.3 is 0 Å². The first-order chi connectivity index (χ1) is 10.9. The van der Waals surface area contributed by atoms with E-state index in [4.69, 9.17) is 0 Å². The monoisotopic (exact) mass is 316 g/mol. The van der Waals surface area contributed by atoms with Crippen LogP contribution in [0, 0.1) is 0 Å². The van der Waals surface area contributed by atoms with Crippen LogP contribution >= 0.6 is 11.3 Å². The van der Waals surface area contributed by atoms with Gasteiger partial charge in [-0.15, -0.1) is 0 Å². The first kappa shape index (κ1) is 14.4. The third-order valence-corrected chi connectivity index (χ3v) is 5.65. The van der Waals surface area contributed by atoms with Crippen LogP contribution in [0.25, 0.3) is 0 Å². The van der Waals surface area contributed by atoms with Crippen LogP contribution in [0.2, 0.25) is 0 Å². The van der Waals surface area contributed by atoms with Gasteiger partial charge in [0.05, 0.1) is 11.7 Å². The molecule has 0 N–H and O–H groups in total. The van der Waals surface area contributed by atoms with Crippen molar-refractivity contribution in [2.75, 3.05) is 26.2 Å². The smallest absolute Gasteiger partial charge is 0.0662 e. The fourth-order valence-electron chi connectivity index (χ4n) is 3.78. The Kier molecular flexibility index (Phi) is 4.28. The lowest BCUT2D eigenvalue weighted by Gasteiger charge is -2.34. The molecule has 0 amide bonds. The lowest BCUT2D eigenvalue weighted by Crippen LogP contribution is -2.38. The quantitative estimate of drug-likeness (QED) is 0.847. The number of likely N-dealkylation sites (tertiary alicyclic amines) is 1. The van der Waals surface area contributed by atoms with Crippen molar-refractivity contribution >= 4 is 11.3 Å². The van der Waals surface area contributed by atoms with Crippen molar-refractivity contribution in [3.63, 3.8) is 0 Å². The van der Waals surface area contributed by atoms with E-state index in [0.717, 1.165) is 19.6 Å². The van der Waals surface area contributed by atoms with Gasteiger partial charge in [0.25, 0.3) is 0 Å². The minimum Gasteiger partial charge on any atom is -0.303 e. The van der Waals surface area contributed by atoms with E-state index >= 15 is 0 Å². The first-order valence-corrected chi connectivity index (χ1v) is 9.31. The Morgan fingerprint density at radius 2 is 2.09 bits per heavy atom. The average molecular weight is 316 g/mol. The third-order valence-electron chi connectivity index (χ3n) is 4.92. The summed E-state index contributed by atoms with van der Waals surface area (Å²) < 4.78 is 2.28.